The third kappa shape index (κ3) is 5.65. The Morgan fingerprint density at radius 2 is 2.15 bits per heavy atom. The van der Waals surface area contributed by atoms with Gasteiger partial charge in [-0.15, -0.1) is 21.5 Å². The van der Waals surface area contributed by atoms with Crippen molar-refractivity contribution in [3.8, 4) is 11.8 Å². The van der Waals surface area contributed by atoms with Gasteiger partial charge in [-0.3, -0.25) is 4.79 Å². The molecular weight excluding hydrogens is 534 g/mol. The lowest BCUT2D eigenvalue weighted by molar-refractivity contribution is -0.113. The molecule has 4 rings (SSSR count). The second-order valence-electron chi connectivity index (χ2n) is 8.06. The minimum atomic E-state index is -0.148. The lowest BCUT2D eigenvalue weighted by atomic mass is 9.86. The van der Waals surface area contributed by atoms with Crippen LogP contribution in [0.4, 0.5) is 5.00 Å². The summed E-state index contributed by atoms with van der Waals surface area (Å²) in [5.74, 6) is 2.16. The number of anilines is 1. The second kappa shape index (κ2) is 11.4. The van der Waals surface area contributed by atoms with E-state index in [1.165, 1.54) is 16.6 Å². The average Bonchev–Trinajstić information content (AvgIpc) is 3.41. The third-order valence-electron chi connectivity index (χ3n) is 5.93. The van der Waals surface area contributed by atoms with Crippen LogP contribution >= 0.6 is 39.0 Å². The minimum Gasteiger partial charge on any atom is -0.486 e. The van der Waals surface area contributed by atoms with E-state index in [9.17, 15) is 10.1 Å². The van der Waals surface area contributed by atoms with Gasteiger partial charge < -0.3 is 14.6 Å². The molecule has 0 aliphatic heterocycles. The molecule has 3 aromatic rings. The molecule has 34 heavy (non-hydrogen) atoms. The summed E-state index contributed by atoms with van der Waals surface area (Å²) >= 11 is 6.30. The molecule has 1 atom stereocenters. The van der Waals surface area contributed by atoms with Crippen LogP contribution in [0.1, 0.15) is 48.5 Å². The number of rotatable bonds is 9. The number of carbonyl (C=O) groups excluding carboxylic acids is 1. The molecule has 2 heterocycles. The fourth-order valence-electron chi connectivity index (χ4n) is 4.03. The fourth-order valence-corrected chi connectivity index (χ4v) is 6.44. The van der Waals surface area contributed by atoms with E-state index in [-0.39, 0.29) is 11.7 Å². The molecule has 0 fully saturated rings. The highest BCUT2D eigenvalue weighted by atomic mass is 79.9. The van der Waals surface area contributed by atoms with Gasteiger partial charge in [0.1, 0.15) is 23.4 Å². The van der Waals surface area contributed by atoms with Crippen LogP contribution in [-0.2, 0) is 30.8 Å². The molecule has 0 bridgehead atoms. The number of amides is 1. The highest BCUT2D eigenvalue weighted by Gasteiger charge is 2.26. The third-order valence-corrected chi connectivity index (χ3v) is 8.60. The smallest absolute Gasteiger partial charge is 0.235 e. The molecule has 178 valence electrons. The first-order chi connectivity index (χ1) is 16.5. The largest absolute Gasteiger partial charge is 0.486 e. The second-order valence-corrected chi connectivity index (χ2v) is 11.0. The van der Waals surface area contributed by atoms with Gasteiger partial charge in [0, 0.05) is 15.9 Å². The first-order valence-corrected chi connectivity index (χ1v) is 13.9. The first-order valence-electron chi connectivity index (χ1n) is 11.3. The van der Waals surface area contributed by atoms with Crippen molar-refractivity contribution in [2.45, 2.75) is 57.8 Å². The zero-order chi connectivity index (χ0) is 24.1. The van der Waals surface area contributed by atoms with Crippen molar-refractivity contribution in [1.82, 2.24) is 14.8 Å². The molecule has 0 saturated carbocycles. The molecule has 10 heteroatoms. The quantitative estimate of drug-likeness (QED) is 0.332. The maximum absolute atomic E-state index is 12.7. The Kier molecular flexibility index (Phi) is 8.29. The Hall–Kier alpha value is -2.35. The number of hydrogen-bond acceptors (Lipinski definition) is 7. The van der Waals surface area contributed by atoms with Crippen molar-refractivity contribution in [3.05, 3.63) is 50.6 Å². The topological polar surface area (TPSA) is 92.8 Å². The average molecular weight is 561 g/mol. The van der Waals surface area contributed by atoms with Crippen molar-refractivity contribution >= 4 is 49.9 Å². The van der Waals surface area contributed by atoms with Gasteiger partial charge in [0.25, 0.3) is 0 Å². The van der Waals surface area contributed by atoms with Gasteiger partial charge in [0.15, 0.2) is 11.0 Å². The summed E-state index contributed by atoms with van der Waals surface area (Å²) < 4.78 is 8.77. The van der Waals surface area contributed by atoms with E-state index >= 15 is 0 Å². The van der Waals surface area contributed by atoms with E-state index in [1.54, 1.807) is 11.3 Å². The summed E-state index contributed by atoms with van der Waals surface area (Å²) in [6.07, 6.45) is 4.17. The van der Waals surface area contributed by atoms with Crippen LogP contribution in [0.2, 0.25) is 0 Å². The van der Waals surface area contributed by atoms with E-state index in [0.717, 1.165) is 41.5 Å². The number of halogens is 1. The summed E-state index contributed by atoms with van der Waals surface area (Å²) in [6, 6.07) is 9.93. The maximum Gasteiger partial charge on any atom is 0.235 e. The SMILES string of the molecule is CCC1CCc2c(sc(NC(=O)CSc3nnc(COc4ccc(Br)cc4)n3CC)c2C#N)C1. The summed E-state index contributed by atoms with van der Waals surface area (Å²) in [4.78, 5) is 14.0. The predicted molar refractivity (Wildman–Crippen MR) is 138 cm³/mol. The lowest BCUT2D eigenvalue weighted by Gasteiger charge is -2.20. The molecule has 7 nitrogen and oxygen atoms in total. The molecule has 0 radical (unpaired) electrons. The zero-order valence-corrected chi connectivity index (χ0v) is 22.4. The molecule has 0 saturated heterocycles. The van der Waals surface area contributed by atoms with Gasteiger partial charge >= 0.3 is 0 Å². The number of nitriles is 1. The van der Waals surface area contributed by atoms with Gasteiger partial charge in [0.05, 0.1) is 11.3 Å². The Labute approximate surface area is 216 Å². The standard InChI is InChI=1S/C24H26BrN5O2S2/c1-3-15-5-10-18-19(12-26)23(34-20(18)11-15)27-22(31)14-33-24-29-28-21(30(24)4-2)13-32-17-8-6-16(25)7-9-17/h6-9,15H,3-5,10-11,13-14H2,1-2H3,(H,27,31). The Balaban J connectivity index is 1.37. The van der Waals surface area contributed by atoms with E-state index in [0.29, 0.717) is 40.6 Å². The molecule has 1 amide bonds. The van der Waals surface area contributed by atoms with Crippen LogP contribution in [0.15, 0.2) is 33.9 Å². The zero-order valence-electron chi connectivity index (χ0n) is 19.1. The summed E-state index contributed by atoms with van der Waals surface area (Å²) in [7, 11) is 0. The number of fused-ring (bicyclic) bond motifs is 1. The van der Waals surface area contributed by atoms with Gasteiger partial charge in [-0.1, -0.05) is 41.0 Å². The number of aromatic nitrogens is 3. The fraction of sp³-hybridized carbons (Fsp3) is 0.417. The molecule has 2 aromatic heterocycles. The van der Waals surface area contributed by atoms with Gasteiger partial charge in [-0.05, 0) is 61.9 Å². The van der Waals surface area contributed by atoms with Crippen molar-refractivity contribution < 1.29 is 9.53 Å². The Bertz CT molecular complexity index is 1200. The van der Waals surface area contributed by atoms with Gasteiger partial charge in [0.2, 0.25) is 5.91 Å². The lowest BCUT2D eigenvalue weighted by Crippen LogP contribution is -2.15. The number of hydrogen-bond donors (Lipinski definition) is 1. The number of thiophene rings is 1. The summed E-state index contributed by atoms with van der Waals surface area (Å²) in [5, 5.41) is 22.5. The van der Waals surface area contributed by atoms with Gasteiger partial charge in [-0.2, -0.15) is 5.26 Å². The predicted octanol–water partition coefficient (Wildman–Crippen LogP) is 5.82. The van der Waals surface area contributed by atoms with Crippen molar-refractivity contribution in [1.29, 1.82) is 5.26 Å². The number of carbonyl (C=O) groups is 1. The van der Waals surface area contributed by atoms with Crippen LogP contribution in [0.25, 0.3) is 0 Å². The van der Waals surface area contributed by atoms with E-state index in [4.69, 9.17) is 4.74 Å². The van der Waals surface area contributed by atoms with Crippen LogP contribution < -0.4 is 10.1 Å². The highest BCUT2D eigenvalue weighted by molar-refractivity contribution is 9.10. The number of ether oxygens (including phenoxy) is 1. The van der Waals surface area contributed by atoms with E-state index in [1.807, 2.05) is 35.8 Å². The maximum atomic E-state index is 12.7. The van der Waals surface area contributed by atoms with Crippen molar-refractivity contribution in [3.63, 3.8) is 0 Å². The molecule has 1 unspecified atom stereocenters. The van der Waals surface area contributed by atoms with Crippen LogP contribution in [-0.4, -0.2) is 26.4 Å². The van der Waals surface area contributed by atoms with E-state index < -0.39 is 0 Å². The number of thioether (sulfide) groups is 1. The van der Waals surface area contributed by atoms with Gasteiger partial charge in [-0.25, -0.2) is 0 Å². The van der Waals surface area contributed by atoms with Crippen molar-refractivity contribution in [2.75, 3.05) is 11.1 Å². The summed E-state index contributed by atoms with van der Waals surface area (Å²) in [6.45, 7) is 5.18. The number of nitrogens with zero attached hydrogens (tertiary/aromatic N) is 4. The van der Waals surface area contributed by atoms with Crippen molar-refractivity contribution in [2.24, 2.45) is 5.92 Å². The van der Waals surface area contributed by atoms with Crippen LogP contribution in [0.5, 0.6) is 5.75 Å². The molecule has 0 spiro atoms. The first kappa shape index (κ1) is 24.8. The Morgan fingerprint density at radius 3 is 2.85 bits per heavy atom. The van der Waals surface area contributed by atoms with Crippen LogP contribution in [0.3, 0.4) is 0 Å². The molecule has 1 N–H and O–H groups in total. The van der Waals surface area contributed by atoms with E-state index in [2.05, 4.69) is 44.4 Å². The number of nitrogens with one attached hydrogen (secondary N) is 1. The number of benzene rings is 1. The molecular formula is C24H26BrN5O2S2. The monoisotopic (exact) mass is 559 g/mol. The molecule has 1 aliphatic rings. The highest BCUT2D eigenvalue weighted by Crippen LogP contribution is 2.40. The Morgan fingerprint density at radius 1 is 1.35 bits per heavy atom. The minimum absolute atomic E-state index is 0.148. The molecule has 1 aliphatic carbocycles. The summed E-state index contributed by atoms with van der Waals surface area (Å²) in [5.41, 5.74) is 1.76. The van der Waals surface area contributed by atoms with Crippen LogP contribution in [0, 0.1) is 17.2 Å². The molecule has 1 aromatic carbocycles. The normalized spacial score (nSPS) is 14.9.